The van der Waals surface area contributed by atoms with Gasteiger partial charge in [0.05, 0.1) is 6.20 Å². The largest absolute Gasteiger partial charge is 0.261 e. The average Bonchev–Trinajstić information content (AvgIpc) is 2.52. The monoisotopic (exact) mass is 179 g/mol. The SMILES string of the molecule is CCC.Cc1ccc2cn[nH]c2n1.[HH]. The van der Waals surface area contributed by atoms with Crippen molar-refractivity contribution < 1.29 is 1.43 Å². The van der Waals surface area contributed by atoms with Crippen molar-refractivity contribution in [3.8, 4) is 0 Å². The summed E-state index contributed by atoms with van der Waals surface area (Å²) in [6.07, 6.45) is 3.02. The Morgan fingerprint density at radius 3 is 2.77 bits per heavy atom. The van der Waals surface area contributed by atoms with Crippen molar-refractivity contribution in [3.05, 3.63) is 24.0 Å². The fraction of sp³-hybridized carbons (Fsp3) is 0.400. The van der Waals surface area contributed by atoms with Crippen LogP contribution in [0.25, 0.3) is 11.0 Å². The van der Waals surface area contributed by atoms with Crippen molar-refractivity contribution in [3.63, 3.8) is 0 Å². The number of rotatable bonds is 0. The molecule has 0 radical (unpaired) electrons. The van der Waals surface area contributed by atoms with E-state index >= 15 is 0 Å². The molecular weight excluding hydrogens is 162 g/mol. The first kappa shape index (κ1) is 9.71. The predicted molar refractivity (Wildman–Crippen MR) is 56.7 cm³/mol. The second-order valence-electron chi connectivity index (χ2n) is 2.97. The van der Waals surface area contributed by atoms with Gasteiger partial charge >= 0.3 is 0 Å². The number of hydrogen-bond donors (Lipinski definition) is 1. The smallest absolute Gasteiger partial charge is 0.155 e. The van der Waals surface area contributed by atoms with Crippen molar-refractivity contribution in [1.29, 1.82) is 0 Å². The van der Waals surface area contributed by atoms with Crippen LogP contribution >= 0.6 is 0 Å². The summed E-state index contributed by atoms with van der Waals surface area (Å²) in [6, 6.07) is 3.97. The van der Waals surface area contributed by atoms with Gasteiger partial charge in [0.2, 0.25) is 0 Å². The highest BCUT2D eigenvalue weighted by Gasteiger charge is 1.93. The summed E-state index contributed by atoms with van der Waals surface area (Å²) in [5.74, 6) is 0. The van der Waals surface area contributed by atoms with E-state index in [4.69, 9.17) is 0 Å². The minimum absolute atomic E-state index is 0. The van der Waals surface area contributed by atoms with E-state index in [9.17, 15) is 0 Å². The normalized spacial score (nSPS) is 9.46. The summed E-state index contributed by atoms with van der Waals surface area (Å²) < 4.78 is 0. The summed E-state index contributed by atoms with van der Waals surface area (Å²) >= 11 is 0. The van der Waals surface area contributed by atoms with E-state index in [1.807, 2.05) is 19.1 Å². The summed E-state index contributed by atoms with van der Waals surface area (Å²) in [7, 11) is 0. The summed E-state index contributed by atoms with van der Waals surface area (Å²) in [6.45, 7) is 6.21. The fourth-order valence-corrected chi connectivity index (χ4v) is 0.924. The topological polar surface area (TPSA) is 41.6 Å². The Hall–Kier alpha value is -1.38. The maximum Gasteiger partial charge on any atom is 0.155 e. The van der Waals surface area contributed by atoms with Crippen molar-refractivity contribution in [2.45, 2.75) is 27.2 Å². The first-order valence-corrected chi connectivity index (χ1v) is 4.54. The lowest BCUT2D eigenvalue weighted by Crippen LogP contribution is -1.79. The quantitative estimate of drug-likeness (QED) is 0.675. The van der Waals surface area contributed by atoms with Crippen LogP contribution in [0.5, 0.6) is 0 Å². The van der Waals surface area contributed by atoms with Crippen LogP contribution in [-0.4, -0.2) is 15.2 Å². The van der Waals surface area contributed by atoms with Gasteiger partial charge in [-0.2, -0.15) is 5.10 Å². The Kier molecular flexibility index (Phi) is 3.43. The number of hydrogen-bond acceptors (Lipinski definition) is 2. The van der Waals surface area contributed by atoms with E-state index in [2.05, 4.69) is 29.0 Å². The molecule has 1 N–H and O–H groups in total. The molecule has 2 heterocycles. The first-order chi connectivity index (χ1) is 6.27. The minimum Gasteiger partial charge on any atom is -0.261 e. The lowest BCUT2D eigenvalue weighted by molar-refractivity contribution is 1.09. The molecule has 0 fully saturated rings. The van der Waals surface area contributed by atoms with Gasteiger partial charge < -0.3 is 0 Å². The summed E-state index contributed by atoms with van der Waals surface area (Å²) in [5.41, 5.74) is 1.87. The highest BCUT2D eigenvalue weighted by atomic mass is 15.1. The van der Waals surface area contributed by atoms with Crippen molar-refractivity contribution >= 4 is 11.0 Å². The molecule has 0 bridgehead atoms. The van der Waals surface area contributed by atoms with E-state index in [0.717, 1.165) is 16.7 Å². The van der Waals surface area contributed by atoms with Crippen LogP contribution in [0.4, 0.5) is 0 Å². The maximum atomic E-state index is 4.22. The third kappa shape index (κ3) is 2.54. The molecule has 0 aromatic carbocycles. The molecule has 0 spiro atoms. The van der Waals surface area contributed by atoms with Gasteiger partial charge in [-0.3, -0.25) is 5.10 Å². The first-order valence-electron chi connectivity index (χ1n) is 4.54. The van der Waals surface area contributed by atoms with Crippen LogP contribution in [0.15, 0.2) is 18.3 Å². The van der Waals surface area contributed by atoms with Crippen LogP contribution in [0.1, 0.15) is 27.4 Å². The van der Waals surface area contributed by atoms with Crippen LogP contribution in [0.3, 0.4) is 0 Å². The Balaban J connectivity index is 0.000000381. The average molecular weight is 179 g/mol. The third-order valence-corrected chi connectivity index (χ3v) is 1.44. The van der Waals surface area contributed by atoms with Gasteiger partial charge in [0.15, 0.2) is 5.65 Å². The van der Waals surface area contributed by atoms with E-state index in [1.165, 1.54) is 6.42 Å². The molecule has 2 aromatic heterocycles. The number of nitrogens with zero attached hydrogens (tertiary/aromatic N) is 2. The predicted octanol–water partition coefficient (Wildman–Crippen LogP) is 2.93. The molecule has 2 rings (SSSR count). The molecule has 72 valence electrons. The van der Waals surface area contributed by atoms with Gasteiger partial charge in [-0.15, -0.1) is 0 Å². The van der Waals surface area contributed by atoms with Crippen LogP contribution in [-0.2, 0) is 0 Å². The number of aromatic amines is 1. The molecule has 0 saturated heterocycles. The second kappa shape index (κ2) is 4.60. The number of fused-ring (bicyclic) bond motifs is 1. The Morgan fingerprint density at radius 1 is 1.38 bits per heavy atom. The molecule has 0 unspecified atom stereocenters. The summed E-state index contributed by atoms with van der Waals surface area (Å²) in [5, 5.41) is 7.71. The van der Waals surface area contributed by atoms with E-state index < -0.39 is 0 Å². The van der Waals surface area contributed by atoms with E-state index in [1.54, 1.807) is 6.20 Å². The molecule has 0 aliphatic heterocycles. The van der Waals surface area contributed by atoms with Gasteiger partial charge in [-0.1, -0.05) is 20.3 Å². The molecule has 3 nitrogen and oxygen atoms in total. The number of aromatic nitrogens is 3. The van der Waals surface area contributed by atoms with Gasteiger partial charge in [0.25, 0.3) is 0 Å². The van der Waals surface area contributed by atoms with Gasteiger partial charge in [0.1, 0.15) is 0 Å². The van der Waals surface area contributed by atoms with Crippen molar-refractivity contribution in [1.82, 2.24) is 15.2 Å². The highest BCUT2D eigenvalue weighted by molar-refractivity contribution is 5.73. The molecule has 2 aromatic rings. The molecular formula is C10H17N3. The number of pyridine rings is 1. The molecule has 3 heteroatoms. The highest BCUT2D eigenvalue weighted by Crippen LogP contribution is 2.06. The number of aryl methyl sites for hydroxylation is 1. The van der Waals surface area contributed by atoms with E-state index in [-0.39, 0.29) is 1.43 Å². The lowest BCUT2D eigenvalue weighted by Gasteiger charge is -1.88. The molecule has 0 aliphatic rings. The maximum absolute atomic E-state index is 4.22. The fourth-order valence-electron chi connectivity index (χ4n) is 0.924. The van der Waals surface area contributed by atoms with Crippen LogP contribution < -0.4 is 0 Å². The van der Waals surface area contributed by atoms with Crippen molar-refractivity contribution in [2.24, 2.45) is 0 Å². The van der Waals surface area contributed by atoms with Crippen LogP contribution in [0, 0.1) is 6.92 Å². The molecule has 0 aliphatic carbocycles. The molecule has 13 heavy (non-hydrogen) atoms. The zero-order valence-corrected chi connectivity index (χ0v) is 8.33. The van der Waals surface area contributed by atoms with Crippen LogP contribution in [0.2, 0.25) is 0 Å². The zero-order valence-electron chi connectivity index (χ0n) is 8.33. The van der Waals surface area contributed by atoms with Gasteiger partial charge in [-0.05, 0) is 19.1 Å². The molecule has 0 saturated carbocycles. The Morgan fingerprint density at radius 2 is 2.08 bits per heavy atom. The van der Waals surface area contributed by atoms with Gasteiger partial charge in [-0.25, -0.2) is 4.98 Å². The van der Waals surface area contributed by atoms with Crippen molar-refractivity contribution in [2.75, 3.05) is 0 Å². The Bertz CT molecular complexity index is 370. The van der Waals surface area contributed by atoms with E-state index in [0.29, 0.717) is 0 Å². The lowest BCUT2D eigenvalue weighted by atomic mass is 10.3. The standard InChI is InChI=1S/C7H7N3.C3H8.H2/c1-5-2-3-6-4-8-10-7(6)9-5;1-3-2;/h2-4H,1H3,(H,8,9,10);3H2,1-2H3;1H. The number of nitrogens with one attached hydrogen (secondary N) is 1. The zero-order chi connectivity index (χ0) is 9.68. The summed E-state index contributed by atoms with van der Waals surface area (Å²) in [4.78, 5) is 4.22. The molecule has 0 amide bonds. The number of H-pyrrole nitrogens is 1. The minimum atomic E-state index is 0. The van der Waals surface area contributed by atoms with Gasteiger partial charge in [0, 0.05) is 12.5 Å². The molecule has 0 atom stereocenters. The third-order valence-electron chi connectivity index (χ3n) is 1.44. The Labute approximate surface area is 79.7 Å². The second-order valence-corrected chi connectivity index (χ2v) is 2.97.